The van der Waals surface area contributed by atoms with Crippen molar-refractivity contribution in [1.82, 2.24) is 0 Å². The monoisotopic (exact) mass is 374 g/mol. The van der Waals surface area contributed by atoms with Crippen molar-refractivity contribution in [2.75, 3.05) is 12.4 Å². The molecular formula is C17H27O5PS. The van der Waals surface area contributed by atoms with Gasteiger partial charge in [-0.15, -0.1) is 0 Å². The van der Waals surface area contributed by atoms with E-state index in [2.05, 4.69) is 0 Å². The molecule has 0 radical (unpaired) electrons. The highest BCUT2D eigenvalue weighted by Crippen LogP contribution is 2.50. The standard InChI is InChI=1S/C17H27O5PS/c1-6-14(2)21-23(19,22-15-10-8-7-9-11-15)20-12-13-24-16(18)17(3,4)5/h7-11,14H,6,12-13H2,1-5H3. The molecule has 0 aliphatic carbocycles. The van der Waals surface area contributed by atoms with Gasteiger partial charge in [0.1, 0.15) is 5.75 Å². The first-order chi connectivity index (χ1) is 11.2. The van der Waals surface area contributed by atoms with Crippen molar-refractivity contribution in [3.05, 3.63) is 30.3 Å². The molecule has 136 valence electrons. The van der Waals surface area contributed by atoms with Gasteiger partial charge in [0.2, 0.25) is 0 Å². The van der Waals surface area contributed by atoms with Gasteiger partial charge in [-0.1, -0.05) is 57.7 Å². The quantitative estimate of drug-likeness (QED) is 0.431. The number of carbonyl (C=O) groups excluding carboxylic acids is 1. The van der Waals surface area contributed by atoms with Crippen LogP contribution in [-0.2, 0) is 18.4 Å². The lowest BCUT2D eigenvalue weighted by Gasteiger charge is -2.21. The van der Waals surface area contributed by atoms with Crippen molar-refractivity contribution in [2.45, 2.75) is 47.1 Å². The fraction of sp³-hybridized carbons (Fsp3) is 0.588. The van der Waals surface area contributed by atoms with E-state index in [1.807, 2.05) is 40.7 Å². The number of para-hydroxylation sites is 1. The lowest BCUT2D eigenvalue weighted by atomic mass is 10.00. The molecule has 0 heterocycles. The summed E-state index contributed by atoms with van der Waals surface area (Å²) >= 11 is 1.16. The zero-order valence-corrected chi connectivity index (χ0v) is 16.7. The summed E-state index contributed by atoms with van der Waals surface area (Å²) in [6.07, 6.45) is 0.423. The van der Waals surface area contributed by atoms with Gasteiger partial charge >= 0.3 is 7.82 Å². The molecule has 0 aliphatic heterocycles. The molecule has 7 heteroatoms. The molecule has 0 N–H and O–H groups in total. The number of phosphoric acid groups is 1. The second-order valence-corrected chi connectivity index (χ2v) is 9.01. The third-order valence-electron chi connectivity index (χ3n) is 3.02. The van der Waals surface area contributed by atoms with Crippen molar-refractivity contribution in [1.29, 1.82) is 0 Å². The maximum atomic E-state index is 12.8. The number of hydrogen-bond donors (Lipinski definition) is 0. The summed E-state index contributed by atoms with van der Waals surface area (Å²) in [5.74, 6) is 0.810. The Balaban J connectivity index is 2.62. The molecule has 24 heavy (non-hydrogen) atoms. The van der Waals surface area contributed by atoms with Crippen LogP contribution in [0.3, 0.4) is 0 Å². The fourth-order valence-electron chi connectivity index (χ4n) is 1.48. The minimum absolute atomic E-state index is 0.0627. The zero-order valence-electron chi connectivity index (χ0n) is 15.0. The molecule has 0 fully saturated rings. The number of thioether (sulfide) groups is 1. The SMILES string of the molecule is CCC(C)OP(=O)(OCCSC(=O)C(C)(C)C)Oc1ccccc1. The summed E-state index contributed by atoms with van der Waals surface area (Å²) < 4.78 is 29.2. The minimum atomic E-state index is -3.74. The Morgan fingerprint density at radius 3 is 2.42 bits per heavy atom. The Morgan fingerprint density at radius 1 is 1.25 bits per heavy atom. The van der Waals surface area contributed by atoms with Gasteiger partial charge in [0, 0.05) is 11.2 Å². The van der Waals surface area contributed by atoms with Crippen molar-refractivity contribution in [3.8, 4) is 5.75 Å². The summed E-state index contributed by atoms with van der Waals surface area (Å²) in [5.41, 5.74) is -0.415. The molecule has 2 atom stereocenters. The van der Waals surface area contributed by atoms with Gasteiger partial charge in [-0.25, -0.2) is 4.57 Å². The molecule has 0 aliphatic rings. The van der Waals surface area contributed by atoms with Crippen LogP contribution in [0.15, 0.2) is 30.3 Å². The third kappa shape index (κ3) is 7.84. The molecule has 0 amide bonds. The fourth-order valence-corrected chi connectivity index (χ4v) is 3.83. The van der Waals surface area contributed by atoms with E-state index in [0.29, 0.717) is 17.9 Å². The highest BCUT2D eigenvalue weighted by atomic mass is 32.2. The Hall–Kier alpha value is -0.810. The number of carbonyl (C=O) groups is 1. The average Bonchev–Trinajstić information content (AvgIpc) is 2.51. The molecule has 0 saturated carbocycles. The topological polar surface area (TPSA) is 61.8 Å². The third-order valence-corrected chi connectivity index (χ3v) is 5.82. The van der Waals surface area contributed by atoms with Crippen molar-refractivity contribution in [3.63, 3.8) is 0 Å². The molecule has 0 spiro atoms. The van der Waals surface area contributed by atoms with Gasteiger partial charge in [-0.05, 0) is 25.5 Å². The highest BCUT2D eigenvalue weighted by molar-refractivity contribution is 8.13. The molecule has 0 bridgehead atoms. The summed E-state index contributed by atoms with van der Waals surface area (Å²) in [4.78, 5) is 11.9. The maximum Gasteiger partial charge on any atom is 0.530 e. The van der Waals surface area contributed by atoms with Gasteiger partial charge in [-0.2, -0.15) is 0 Å². The second kappa shape index (κ2) is 9.62. The van der Waals surface area contributed by atoms with E-state index in [-0.39, 0.29) is 17.8 Å². The first-order valence-corrected chi connectivity index (χ1v) is 10.5. The number of rotatable bonds is 9. The van der Waals surface area contributed by atoms with Crippen LogP contribution in [0.2, 0.25) is 0 Å². The Morgan fingerprint density at radius 2 is 1.88 bits per heavy atom. The largest absolute Gasteiger partial charge is 0.530 e. The van der Waals surface area contributed by atoms with Crippen LogP contribution in [0.25, 0.3) is 0 Å². The van der Waals surface area contributed by atoms with E-state index in [0.717, 1.165) is 11.8 Å². The summed E-state index contributed by atoms with van der Waals surface area (Å²) in [5, 5.41) is 0.0627. The van der Waals surface area contributed by atoms with E-state index >= 15 is 0 Å². The van der Waals surface area contributed by atoms with E-state index in [9.17, 15) is 9.36 Å². The molecule has 0 aromatic heterocycles. The van der Waals surface area contributed by atoms with E-state index in [4.69, 9.17) is 13.6 Å². The maximum absolute atomic E-state index is 12.8. The van der Waals surface area contributed by atoms with Gasteiger partial charge in [-0.3, -0.25) is 13.8 Å². The van der Waals surface area contributed by atoms with Crippen LogP contribution in [0.5, 0.6) is 5.75 Å². The average molecular weight is 374 g/mol. The number of phosphoric ester groups is 1. The molecule has 0 saturated heterocycles. The van der Waals surface area contributed by atoms with Crippen molar-refractivity contribution >= 4 is 24.7 Å². The van der Waals surface area contributed by atoms with Crippen molar-refractivity contribution < 1.29 is 22.9 Å². The first kappa shape index (κ1) is 21.2. The van der Waals surface area contributed by atoms with Gasteiger partial charge in [0.25, 0.3) is 0 Å². The van der Waals surface area contributed by atoms with Gasteiger partial charge in [0.05, 0.1) is 12.7 Å². The smallest absolute Gasteiger partial charge is 0.404 e. The highest BCUT2D eigenvalue weighted by Gasteiger charge is 2.31. The molecule has 1 aromatic rings. The zero-order chi connectivity index (χ0) is 18.2. The van der Waals surface area contributed by atoms with Crippen LogP contribution >= 0.6 is 19.6 Å². The van der Waals surface area contributed by atoms with Crippen LogP contribution in [0.1, 0.15) is 41.0 Å². The van der Waals surface area contributed by atoms with Crippen LogP contribution in [0.4, 0.5) is 0 Å². The summed E-state index contributed by atoms with van der Waals surface area (Å²) in [7, 11) is -3.74. The van der Waals surface area contributed by atoms with Gasteiger partial charge < -0.3 is 4.52 Å². The predicted octanol–water partition coefficient (Wildman–Crippen LogP) is 5.31. The molecule has 1 aromatic carbocycles. The van der Waals surface area contributed by atoms with E-state index < -0.39 is 13.2 Å². The second-order valence-electron chi connectivity index (χ2n) is 6.39. The first-order valence-electron chi connectivity index (χ1n) is 8.01. The number of hydrogen-bond acceptors (Lipinski definition) is 6. The predicted molar refractivity (Wildman–Crippen MR) is 98.4 cm³/mol. The van der Waals surface area contributed by atoms with E-state index in [1.165, 1.54) is 0 Å². The summed E-state index contributed by atoms with van der Waals surface area (Å²) in [6, 6.07) is 8.77. The Bertz CT molecular complexity index is 556. The number of benzene rings is 1. The Labute approximate surface area is 149 Å². The molecule has 2 unspecified atom stereocenters. The van der Waals surface area contributed by atoms with Crippen LogP contribution in [0, 0.1) is 5.41 Å². The summed E-state index contributed by atoms with van der Waals surface area (Å²) in [6.45, 7) is 9.42. The lowest BCUT2D eigenvalue weighted by molar-refractivity contribution is -0.117. The van der Waals surface area contributed by atoms with E-state index in [1.54, 1.807) is 24.3 Å². The van der Waals surface area contributed by atoms with Gasteiger partial charge in [0.15, 0.2) is 5.12 Å². The van der Waals surface area contributed by atoms with Crippen LogP contribution in [-0.4, -0.2) is 23.6 Å². The van der Waals surface area contributed by atoms with Crippen LogP contribution < -0.4 is 4.52 Å². The minimum Gasteiger partial charge on any atom is -0.404 e. The molecular weight excluding hydrogens is 347 g/mol. The Kier molecular flexibility index (Phi) is 8.51. The lowest BCUT2D eigenvalue weighted by Crippen LogP contribution is -2.18. The van der Waals surface area contributed by atoms with Crippen molar-refractivity contribution in [2.24, 2.45) is 5.41 Å². The normalized spacial score (nSPS) is 15.5. The molecule has 5 nitrogen and oxygen atoms in total. The molecule has 1 rings (SSSR count).